The zero-order valence-corrected chi connectivity index (χ0v) is 11.6. The van der Waals surface area contributed by atoms with Crippen molar-refractivity contribution < 1.29 is 4.74 Å². The molecule has 0 amide bonds. The zero-order chi connectivity index (χ0) is 13.5. The second-order valence-electron chi connectivity index (χ2n) is 5.01. The molecule has 0 aromatic heterocycles. The first-order valence-electron chi connectivity index (χ1n) is 6.86. The first kappa shape index (κ1) is 13.9. The average Bonchev–Trinajstić information content (AvgIpc) is 2.83. The van der Waals surface area contributed by atoms with Crippen molar-refractivity contribution in [3.05, 3.63) is 29.8 Å². The highest BCUT2D eigenvalue weighted by Gasteiger charge is 2.19. The van der Waals surface area contributed by atoms with Crippen molar-refractivity contribution in [2.45, 2.75) is 25.4 Å². The van der Waals surface area contributed by atoms with Gasteiger partial charge in [-0.2, -0.15) is 0 Å². The van der Waals surface area contributed by atoms with Gasteiger partial charge in [-0.25, -0.2) is 0 Å². The molecule has 0 radical (unpaired) electrons. The summed E-state index contributed by atoms with van der Waals surface area (Å²) in [5.74, 6) is 3.38. The van der Waals surface area contributed by atoms with E-state index in [2.05, 4.69) is 29.3 Å². The number of terminal acetylenes is 1. The highest BCUT2D eigenvalue weighted by molar-refractivity contribution is 5.33. The zero-order valence-electron chi connectivity index (χ0n) is 11.6. The van der Waals surface area contributed by atoms with Crippen molar-refractivity contribution in [3.8, 4) is 18.1 Å². The molecule has 1 aromatic carbocycles. The molecular formula is C16H22N2O. The number of nitrogens with one attached hydrogen (secondary N) is 1. The average molecular weight is 258 g/mol. The molecule has 0 spiro atoms. The van der Waals surface area contributed by atoms with Gasteiger partial charge in [-0.05, 0) is 32.5 Å². The van der Waals surface area contributed by atoms with Crippen LogP contribution >= 0.6 is 0 Å². The van der Waals surface area contributed by atoms with Gasteiger partial charge in [-0.15, -0.1) is 6.42 Å². The van der Waals surface area contributed by atoms with Crippen LogP contribution in [0.25, 0.3) is 0 Å². The Morgan fingerprint density at radius 3 is 3.05 bits per heavy atom. The van der Waals surface area contributed by atoms with Crippen LogP contribution in [0, 0.1) is 12.3 Å². The van der Waals surface area contributed by atoms with E-state index >= 15 is 0 Å². The van der Waals surface area contributed by atoms with Crippen LogP contribution in [-0.2, 0) is 6.54 Å². The molecular weight excluding hydrogens is 236 g/mol. The number of ether oxygens (including phenoxy) is 1. The molecule has 1 N–H and O–H groups in total. The topological polar surface area (TPSA) is 24.5 Å². The lowest BCUT2D eigenvalue weighted by molar-refractivity contribution is 0.299. The summed E-state index contributed by atoms with van der Waals surface area (Å²) in [5, 5.41) is 3.52. The number of benzene rings is 1. The van der Waals surface area contributed by atoms with Gasteiger partial charge < -0.3 is 15.0 Å². The Hall–Kier alpha value is -1.50. The van der Waals surface area contributed by atoms with Gasteiger partial charge in [0.05, 0.1) is 0 Å². The van der Waals surface area contributed by atoms with Gasteiger partial charge in [0, 0.05) is 24.7 Å². The van der Waals surface area contributed by atoms with Crippen LogP contribution < -0.4 is 10.1 Å². The molecule has 1 fully saturated rings. The Balaban J connectivity index is 1.83. The molecule has 102 valence electrons. The number of hydrogen-bond acceptors (Lipinski definition) is 3. The van der Waals surface area contributed by atoms with E-state index in [9.17, 15) is 0 Å². The Kier molecular flexibility index (Phi) is 5.26. The predicted octanol–water partition coefficient (Wildman–Crippen LogP) is 1.88. The molecule has 0 bridgehead atoms. The normalized spacial score (nSPS) is 19.3. The van der Waals surface area contributed by atoms with E-state index in [4.69, 9.17) is 11.2 Å². The third kappa shape index (κ3) is 3.99. The summed E-state index contributed by atoms with van der Waals surface area (Å²) in [7, 11) is 2.20. The number of likely N-dealkylation sites (N-methyl/N-ethyl adjacent to an activating group) is 1. The maximum Gasteiger partial charge on any atom is 0.148 e. The van der Waals surface area contributed by atoms with Gasteiger partial charge in [-0.3, -0.25) is 0 Å². The first-order valence-corrected chi connectivity index (χ1v) is 6.86. The van der Waals surface area contributed by atoms with E-state index in [1.165, 1.54) is 24.9 Å². The minimum atomic E-state index is 0.322. The standard InChI is InChI=1S/C16H22N2O/c1-3-11-19-16-9-5-4-7-14(16)12-17-13-15-8-6-10-18(15)2/h1,4-5,7,9,15,17H,6,8,10-13H2,2H3. The lowest BCUT2D eigenvalue weighted by atomic mass is 10.2. The summed E-state index contributed by atoms with van der Waals surface area (Å²) >= 11 is 0. The van der Waals surface area contributed by atoms with Crippen LogP contribution in [0.2, 0.25) is 0 Å². The Labute approximate surface area is 115 Å². The molecule has 0 aliphatic carbocycles. The Bertz CT molecular complexity index is 439. The minimum Gasteiger partial charge on any atom is -0.481 e. The fraction of sp³-hybridized carbons (Fsp3) is 0.500. The fourth-order valence-electron chi connectivity index (χ4n) is 2.52. The van der Waals surface area contributed by atoms with Crippen molar-refractivity contribution in [3.63, 3.8) is 0 Å². The monoisotopic (exact) mass is 258 g/mol. The summed E-state index contributed by atoms with van der Waals surface area (Å²) in [4.78, 5) is 2.42. The number of para-hydroxylation sites is 1. The maximum absolute atomic E-state index is 5.54. The molecule has 1 unspecified atom stereocenters. The third-order valence-electron chi connectivity index (χ3n) is 3.65. The molecule has 2 rings (SSSR count). The lowest BCUT2D eigenvalue weighted by Gasteiger charge is -2.20. The molecule has 3 heteroatoms. The number of likely N-dealkylation sites (tertiary alicyclic amines) is 1. The van der Waals surface area contributed by atoms with Gasteiger partial charge in [0.15, 0.2) is 0 Å². The number of nitrogens with zero attached hydrogens (tertiary/aromatic N) is 1. The van der Waals surface area contributed by atoms with Crippen molar-refractivity contribution in [1.82, 2.24) is 10.2 Å². The molecule has 1 heterocycles. The van der Waals surface area contributed by atoms with E-state index in [1.807, 2.05) is 18.2 Å². The van der Waals surface area contributed by atoms with Crippen LogP contribution in [-0.4, -0.2) is 37.7 Å². The Morgan fingerprint density at radius 1 is 1.47 bits per heavy atom. The Morgan fingerprint density at radius 2 is 2.32 bits per heavy atom. The maximum atomic E-state index is 5.54. The first-order chi connectivity index (χ1) is 9.31. The highest BCUT2D eigenvalue weighted by Crippen LogP contribution is 2.18. The molecule has 3 nitrogen and oxygen atoms in total. The van der Waals surface area contributed by atoms with E-state index in [-0.39, 0.29) is 0 Å². The summed E-state index contributed by atoms with van der Waals surface area (Å²) in [6.07, 6.45) is 7.83. The minimum absolute atomic E-state index is 0.322. The largest absolute Gasteiger partial charge is 0.481 e. The van der Waals surface area contributed by atoms with Crippen LogP contribution in [0.3, 0.4) is 0 Å². The van der Waals surface area contributed by atoms with Crippen molar-refractivity contribution in [1.29, 1.82) is 0 Å². The van der Waals surface area contributed by atoms with Crippen LogP contribution in [0.5, 0.6) is 5.75 Å². The number of rotatable bonds is 6. The lowest BCUT2D eigenvalue weighted by Crippen LogP contribution is -2.35. The van der Waals surface area contributed by atoms with Gasteiger partial charge >= 0.3 is 0 Å². The summed E-state index contributed by atoms with van der Waals surface area (Å²) in [5.41, 5.74) is 1.17. The second-order valence-corrected chi connectivity index (χ2v) is 5.01. The molecule has 1 saturated heterocycles. The van der Waals surface area contributed by atoms with Crippen molar-refractivity contribution in [2.75, 3.05) is 26.7 Å². The van der Waals surface area contributed by atoms with E-state index in [1.54, 1.807) is 0 Å². The van der Waals surface area contributed by atoms with Gasteiger partial charge in [-0.1, -0.05) is 24.1 Å². The molecule has 1 aliphatic heterocycles. The van der Waals surface area contributed by atoms with Gasteiger partial charge in [0.2, 0.25) is 0 Å². The van der Waals surface area contributed by atoms with Crippen LogP contribution in [0.15, 0.2) is 24.3 Å². The summed E-state index contributed by atoms with van der Waals surface area (Å²) < 4.78 is 5.54. The summed E-state index contributed by atoms with van der Waals surface area (Å²) in [6.45, 7) is 3.39. The predicted molar refractivity (Wildman–Crippen MR) is 78.1 cm³/mol. The molecule has 1 aromatic rings. The van der Waals surface area contributed by atoms with Gasteiger partial charge in [0.1, 0.15) is 12.4 Å². The van der Waals surface area contributed by atoms with Gasteiger partial charge in [0.25, 0.3) is 0 Å². The van der Waals surface area contributed by atoms with Crippen LogP contribution in [0.1, 0.15) is 18.4 Å². The summed E-state index contributed by atoms with van der Waals surface area (Å²) in [6, 6.07) is 8.72. The van der Waals surface area contributed by atoms with E-state index < -0.39 is 0 Å². The van der Waals surface area contributed by atoms with E-state index in [0.29, 0.717) is 12.6 Å². The van der Waals surface area contributed by atoms with Crippen molar-refractivity contribution >= 4 is 0 Å². The fourth-order valence-corrected chi connectivity index (χ4v) is 2.52. The second kappa shape index (κ2) is 7.18. The number of hydrogen-bond donors (Lipinski definition) is 1. The van der Waals surface area contributed by atoms with Crippen molar-refractivity contribution in [2.24, 2.45) is 0 Å². The quantitative estimate of drug-likeness (QED) is 0.789. The van der Waals surface area contributed by atoms with E-state index in [0.717, 1.165) is 18.8 Å². The smallest absolute Gasteiger partial charge is 0.148 e. The molecule has 19 heavy (non-hydrogen) atoms. The highest BCUT2D eigenvalue weighted by atomic mass is 16.5. The van der Waals surface area contributed by atoms with Crippen LogP contribution in [0.4, 0.5) is 0 Å². The third-order valence-corrected chi connectivity index (χ3v) is 3.65. The molecule has 1 aliphatic rings. The SMILES string of the molecule is C#CCOc1ccccc1CNCC1CCCN1C. The molecule has 0 saturated carbocycles. The molecule has 1 atom stereocenters.